The molecule has 0 amide bonds. The molecule has 1 rings (SSSR count). The Hall–Kier alpha value is -0.0800. The van der Waals surface area contributed by atoms with E-state index in [-0.39, 0.29) is 11.7 Å². The van der Waals surface area contributed by atoms with E-state index < -0.39 is 0 Å². The summed E-state index contributed by atoms with van der Waals surface area (Å²) in [6, 6.07) is 0. The summed E-state index contributed by atoms with van der Waals surface area (Å²) >= 11 is 0. The zero-order chi connectivity index (χ0) is 9.03. The van der Waals surface area contributed by atoms with E-state index in [9.17, 15) is 5.11 Å². The first kappa shape index (κ1) is 10.0. The quantitative estimate of drug-likeness (QED) is 0.688. The first-order valence-electron chi connectivity index (χ1n) is 4.98. The van der Waals surface area contributed by atoms with Gasteiger partial charge in [0.1, 0.15) is 0 Å². The molecule has 1 fully saturated rings. The summed E-state index contributed by atoms with van der Waals surface area (Å²) in [5.41, 5.74) is -0.171. The molecule has 1 saturated carbocycles. The Morgan fingerprint density at radius 3 is 2.50 bits per heavy atom. The van der Waals surface area contributed by atoms with Crippen molar-refractivity contribution < 1.29 is 9.84 Å². The molecule has 0 radical (unpaired) electrons. The molecule has 1 N–H and O–H groups in total. The van der Waals surface area contributed by atoms with E-state index in [1.54, 1.807) is 7.11 Å². The number of hydrogen-bond acceptors (Lipinski definition) is 2. The molecule has 0 heterocycles. The fraction of sp³-hybridized carbons (Fsp3) is 1.00. The lowest BCUT2D eigenvalue weighted by molar-refractivity contribution is -0.151. The van der Waals surface area contributed by atoms with Crippen molar-refractivity contribution >= 4 is 0 Å². The van der Waals surface area contributed by atoms with Crippen LogP contribution in [0.4, 0.5) is 0 Å². The molecule has 1 unspecified atom stereocenters. The Morgan fingerprint density at radius 1 is 1.50 bits per heavy atom. The van der Waals surface area contributed by atoms with Gasteiger partial charge in [0.25, 0.3) is 0 Å². The third-order valence-electron chi connectivity index (χ3n) is 3.04. The summed E-state index contributed by atoms with van der Waals surface area (Å²) in [5, 5.41) is 9.83. The number of methoxy groups -OCH3 is 1. The number of aliphatic hydroxyl groups excluding tert-OH is 1. The third-order valence-corrected chi connectivity index (χ3v) is 3.04. The summed E-state index contributed by atoms with van der Waals surface area (Å²) in [6.07, 6.45) is 6.18. The molecule has 1 aliphatic rings. The van der Waals surface area contributed by atoms with Crippen molar-refractivity contribution in [2.75, 3.05) is 7.11 Å². The molecule has 0 spiro atoms. The lowest BCUT2D eigenvalue weighted by atomic mass is 9.74. The van der Waals surface area contributed by atoms with E-state index in [2.05, 4.69) is 6.92 Å². The van der Waals surface area contributed by atoms with E-state index in [4.69, 9.17) is 4.74 Å². The Labute approximate surface area is 74.9 Å². The predicted octanol–water partition coefficient (Wildman–Crippen LogP) is 2.11. The van der Waals surface area contributed by atoms with E-state index >= 15 is 0 Å². The zero-order valence-corrected chi connectivity index (χ0v) is 8.18. The highest BCUT2D eigenvalue weighted by atomic mass is 16.5. The molecule has 2 heteroatoms. The summed E-state index contributed by atoms with van der Waals surface area (Å²) < 4.78 is 5.38. The van der Waals surface area contributed by atoms with Crippen LogP contribution in [0.5, 0.6) is 0 Å². The highest BCUT2D eigenvalue weighted by Gasteiger charge is 2.43. The second-order valence-electron chi connectivity index (χ2n) is 3.78. The monoisotopic (exact) mass is 172 g/mol. The molecule has 0 saturated heterocycles. The van der Waals surface area contributed by atoms with E-state index in [0.29, 0.717) is 0 Å². The summed E-state index contributed by atoms with van der Waals surface area (Å²) in [6.45, 7) is 2.15. The number of aliphatic hydroxyl groups is 1. The average molecular weight is 172 g/mol. The summed E-state index contributed by atoms with van der Waals surface area (Å²) in [5.74, 6) is 0. The SMILES string of the molecule is CCCCC(O)C1(OC)CCC1. The molecule has 0 aliphatic heterocycles. The van der Waals surface area contributed by atoms with Crippen LogP contribution in [0.3, 0.4) is 0 Å². The molecule has 12 heavy (non-hydrogen) atoms. The van der Waals surface area contributed by atoms with Gasteiger partial charge >= 0.3 is 0 Å². The fourth-order valence-electron chi connectivity index (χ4n) is 1.86. The summed E-state index contributed by atoms with van der Waals surface area (Å²) in [7, 11) is 1.72. The minimum Gasteiger partial charge on any atom is -0.390 e. The van der Waals surface area contributed by atoms with E-state index in [1.165, 1.54) is 6.42 Å². The highest BCUT2D eigenvalue weighted by molar-refractivity contribution is 4.95. The van der Waals surface area contributed by atoms with Crippen molar-refractivity contribution in [1.29, 1.82) is 0 Å². The Balaban J connectivity index is 2.32. The average Bonchev–Trinajstić information content (AvgIpc) is 2.00. The Bertz CT molecular complexity index is 124. The number of ether oxygens (including phenoxy) is 1. The molecular weight excluding hydrogens is 152 g/mol. The maximum atomic E-state index is 9.83. The van der Waals surface area contributed by atoms with Crippen molar-refractivity contribution in [3.63, 3.8) is 0 Å². The molecule has 0 aromatic rings. The molecule has 0 aromatic carbocycles. The first-order valence-corrected chi connectivity index (χ1v) is 4.98. The number of hydrogen-bond donors (Lipinski definition) is 1. The normalized spacial score (nSPS) is 23.2. The standard InChI is InChI=1S/C10H20O2/c1-3-4-6-9(11)10(12-2)7-5-8-10/h9,11H,3-8H2,1-2H3. The van der Waals surface area contributed by atoms with Crippen molar-refractivity contribution in [1.82, 2.24) is 0 Å². The maximum absolute atomic E-state index is 9.83. The van der Waals surface area contributed by atoms with Gasteiger partial charge in [0.2, 0.25) is 0 Å². The lowest BCUT2D eigenvalue weighted by Gasteiger charge is -2.44. The van der Waals surface area contributed by atoms with Crippen molar-refractivity contribution in [3.05, 3.63) is 0 Å². The predicted molar refractivity (Wildman–Crippen MR) is 49.1 cm³/mol. The zero-order valence-electron chi connectivity index (χ0n) is 8.18. The van der Waals surface area contributed by atoms with Gasteiger partial charge in [-0.3, -0.25) is 0 Å². The summed E-state index contributed by atoms with van der Waals surface area (Å²) in [4.78, 5) is 0. The molecule has 2 nitrogen and oxygen atoms in total. The van der Waals surface area contributed by atoms with Gasteiger partial charge in [-0.1, -0.05) is 19.8 Å². The third kappa shape index (κ3) is 1.80. The molecule has 1 aliphatic carbocycles. The van der Waals surface area contributed by atoms with Crippen LogP contribution in [0.2, 0.25) is 0 Å². The highest BCUT2D eigenvalue weighted by Crippen LogP contribution is 2.39. The van der Waals surface area contributed by atoms with Crippen molar-refractivity contribution in [3.8, 4) is 0 Å². The largest absolute Gasteiger partial charge is 0.390 e. The van der Waals surface area contributed by atoms with Crippen LogP contribution in [-0.2, 0) is 4.74 Å². The minimum atomic E-state index is -0.240. The van der Waals surface area contributed by atoms with Gasteiger partial charge in [0, 0.05) is 7.11 Å². The second kappa shape index (κ2) is 4.24. The molecular formula is C10H20O2. The smallest absolute Gasteiger partial charge is 0.0936 e. The van der Waals surface area contributed by atoms with Crippen molar-refractivity contribution in [2.24, 2.45) is 0 Å². The number of unbranched alkanes of at least 4 members (excludes halogenated alkanes) is 1. The number of rotatable bonds is 5. The lowest BCUT2D eigenvalue weighted by Crippen LogP contribution is -2.49. The minimum absolute atomic E-state index is 0.171. The van der Waals surface area contributed by atoms with Crippen LogP contribution in [0.25, 0.3) is 0 Å². The van der Waals surface area contributed by atoms with Crippen LogP contribution in [0, 0.1) is 0 Å². The first-order chi connectivity index (χ1) is 5.75. The van der Waals surface area contributed by atoms with Gasteiger partial charge in [-0.15, -0.1) is 0 Å². The fourth-order valence-corrected chi connectivity index (χ4v) is 1.86. The van der Waals surface area contributed by atoms with Gasteiger partial charge in [-0.05, 0) is 25.7 Å². The van der Waals surface area contributed by atoms with Crippen LogP contribution in [-0.4, -0.2) is 23.9 Å². The van der Waals surface area contributed by atoms with Crippen LogP contribution < -0.4 is 0 Å². The van der Waals surface area contributed by atoms with Crippen LogP contribution >= 0.6 is 0 Å². The molecule has 0 aromatic heterocycles. The van der Waals surface area contributed by atoms with Crippen molar-refractivity contribution in [2.45, 2.75) is 57.2 Å². The van der Waals surface area contributed by atoms with Gasteiger partial charge in [-0.25, -0.2) is 0 Å². The van der Waals surface area contributed by atoms with Gasteiger partial charge in [0.05, 0.1) is 11.7 Å². The van der Waals surface area contributed by atoms with Gasteiger partial charge in [0.15, 0.2) is 0 Å². The van der Waals surface area contributed by atoms with Crippen LogP contribution in [0.1, 0.15) is 45.4 Å². The van der Waals surface area contributed by atoms with Crippen LogP contribution in [0.15, 0.2) is 0 Å². The maximum Gasteiger partial charge on any atom is 0.0936 e. The van der Waals surface area contributed by atoms with Gasteiger partial charge < -0.3 is 9.84 Å². The molecule has 0 bridgehead atoms. The second-order valence-corrected chi connectivity index (χ2v) is 3.78. The Morgan fingerprint density at radius 2 is 2.17 bits per heavy atom. The van der Waals surface area contributed by atoms with E-state index in [0.717, 1.165) is 32.1 Å². The molecule has 72 valence electrons. The van der Waals surface area contributed by atoms with Gasteiger partial charge in [-0.2, -0.15) is 0 Å². The van der Waals surface area contributed by atoms with E-state index in [1.807, 2.05) is 0 Å². The Kier molecular flexibility index (Phi) is 3.53. The molecule has 1 atom stereocenters. The topological polar surface area (TPSA) is 29.5 Å².